The van der Waals surface area contributed by atoms with Crippen LogP contribution in [-0.4, -0.2) is 49.5 Å². The summed E-state index contributed by atoms with van der Waals surface area (Å²) in [6.07, 6.45) is 0.803. The molecule has 21 heavy (non-hydrogen) atoms. The van der Waals surface area contributed by atoms with Crippen LogP contribution in [0.5, 0.6) is 11.5 Å². The first-order chi connectivity index (χ1) is 10.1. The van der Waals surface area contributed by atoms with Gasteiger partial charge in [0.25, 0.3) is 0 Å². The molecule has 0 aromatic heterocycles. The molecule has 0 unspecified atom stereocenters. The lowest BCUT2D eigenvalue weighted by atomic mass is 9.92. The summed E-state index contributed by atoms with van der Waals surface area (Å²) in [5, 5.41) is 10.2. The lowest BCUT2D eigenvalue weighted by molar-refractivity contribution is 0.0423. The number of benzene rings is 1. The van der Waals surface area contributed by atoms with Crippen molar-refractivity contribution in [3.63, 3.8) is 0 Å². The van der Waals surface area contributed by atoms with Crippen molar-refractivity contribution in [2.75, 3.05) is 33.4 Å². The van der Waals surface area contributed by atoms with Gasteiger partial charge in [-0.15, -0.1) is 0 Å². The zero-order chi connectivity index (χ0) is 15.2. The van der Waals surface area contributed by atoms with Crippen molar-refractivity contribution in [2.24, 2.45) is 11.8 Å². The highest BCUT2D eigenvalue weighted by Crippen LogP contribution is 2.26. The van der Waals surface area contributed by atoms with Crippen molar-refractivity contribution in [1.82, 2.24) is 4.90 Å². The molecule has 118 valence electrons. The highest BCUT2D eigenvalue weighted by Gasteiger charge is 2.23. The SMILES string of the molecule is COc1ccccc1OC[C@@H](O)CN1C[C@H](C)C[C@@H](C)C1. The minimum absolute atomic E-state index is 0.291. The van der Waals surface area contributed by atoms with Crippen LogP contribution in [-0.2, 0) is 0 Å². The monoisotopic (exact) mass is 293 g/mol. The summed E-state index contributed by atoms with van der Waals surface area (Å²) in [7, 11) is 1.62. The number of para-hydroxylation sites is 2. The molecule has 1 saturated heterocycles. The largest absolute Gasteiger partial charge is 0.493 e. The molecule has 0 amide bonds. The van der Waals surface area contributed by atoms with E-state index in [2.05, 4.69) is 18.7 Å². The van der Waals surface area contributed by atoms with Crippen LogP contribution in [0, 0.1) is 11.8 Å². The average molecular weight is 293 g/mol. The van der Waals surface area contributed by atoms with Gasteiger partial charge in [0.1, 0.15) is 12.7 Å². The Morgan fingerprint density at radius 1 is 1.19 bits per heavy atom. The number of aliphatic hydroxyl groups is 1. The number of aliphatic hydroxyl groups excluding tert-OH is 1. The van der Waals surface area contributed by atoms with E-state index in [1.54, 1.807) is 7.11 Å². The molecular weight excluding hydrogens is 266 g/mol. The minimum Gasteiger partial charge on any atom is -0.493 e. The van der Waals surface area contributed by atoms with Gasteiger partial charge in [0.05, 0.1) is 7.11 Å². The van der Waals surface area contributed by atoms with Crippen molar-refractivity contribution < 1.29 is 14.6 Å². The smallest absolute Gasteiger partial charge is 0.161 e. The van der Waals surface area contributed by atoms with E-state index in [1.807, 2.05) is 24.3 Å². The van der Waals surface area contributed by atoms with E-state index in [0.29, 0.717) is 36.5 Å². The number of hydrogen-bond donors (Lipinski definition) is 1. The van der Waals surface area contributed by atoms with Crippen LogP contribution < -0.4 is 9.47 Å². The Morgan fingerprint density at radius 3 is 2.43 bits per heavy atom. The highest BCUT2D eigenvalue weighted by atomic mass is 16.5. The number of piperidine rings is 1. The van der Waals surface area contributed by atoms with Gasteiger partial charge < -0.3 is 19.5 Å². The summed E-state index contributed by atoms with van der Waals surface area (Å²) in [5.41, 5.74) is 0. The third-order valence-electron chi connectivity index (χ3n) is 3.91. The molecule has 4 heteroatoms. The van der Waals surface area contributed by atoms with Crippen LogP contribution in [0.2, 0.25) is 0 Å². The lowest BCUT2D eigenvalue weighted by Gasteiger charge is -2.35. The Bertz CT molecular complexity index is 428. The maximum absolute atomic E-state index is 10.2. The van der Waals surface area contributed by atoms with Gasteiger partial charge in [0, 0.05) is 19.6 Å². The van der Waals surface area contributed by atoms with Crippen molar-refractivity contribution in [3.8, 4) is 11.5 Å². The molecule has 1 aromatic rings. The highest BCUT2D eigenvalue weighted by molar-refractivity contribution is 5.39. The fourth-order valence-corrected chi connectivity index (χ4v) is 3.22. The van der Waals surface area contributed by atoms with E-state index in [4.69, 9.17) is 9.47 Å². The molecule has 1 aliphatic rings. The van der Waals surface area contributed by atoms with Gasteiger partial charge >= 0.3 is 0 Å². The van der Waals surface area contributed by atoms with E-state index in [9.17, 15) is 5.11 Å². The van der Waals surface area contributed by atoms with Gasteiger partial charge in [-0.05, 0) is 30.4 Å². The minimum atomic E-state index is -0.479. The second-order valence-electron chi connectivity index (χ2n) is 6.28. The van der Waals surface area contributed by atoms with E-state index in [1.165, 1.54) is 6.42 Å². The number of β-amino-alcohol motifs (C(OH)–C–C–N with tert-alkyl or cyclic N) is 1. The van der Waals surface area contributed by atoms with E-state index in [0.717, 1.165) is 13.1 Å². The van der Waals surface area contributed by atoms with Crippen LogP contribution in [0.15, 0.2) is 24.3 Å². The van der Waals surface area contributed by atoms with Crippen LogP contribution >= 0.6 is 0 Å². The summed E-state index contributed by atoms with van der Waals surface area (Å²) < 4.78 is 10.9. The quantitative estimate of drug-likeness (QED) is 0.874. The van der Waals surface area contributed by atoms with Gasteiger partial charge in [-0.25, -0.2) is 0 Å². The van der Waals surface area contributed by atoms with E-state index >= 15 is 0 Å². The molecule has 1 heterocycles. The fraction of sp³-hybridized carbons (Fsp3) is 0.647. The molecule has 1 aliphatic heterocycles. The first-order valence-electron chi connectivity index (χ1n) is 7.74. The van der Waals surface area contributed by atoms with Crippen LogP contribution in [0.3, 0.4) is 0 Å². The molecule has 0 bridgehead atoms. The number of methoxy groups -OCH3 is 1. The Balaban J connectivity index is 1.80. The summed E-state index contributed by atoms with van der Waals surface area (Å²) in [6, 6.07) is 7.52. The number of ether oxygens (including phenoxy) is 2. The number of nitrogens with zero attached hydrogens (tertiary/aromatic N) is 1. The van der Waals surface area contributed by atoms with Crippen molar-refractivity contribution >= 4 is 0 Å². The summed E-state index contributed by atoms with van der Waals surface area (Å²) in [5.74, 6) is 2.79. The number of hydrogen-bond acceptors (Lipinski definition) is 4. The molecule has 1 fully saturated rings. The van der Waals surface area contributed by atoms with Crippen LogP contribution in [0.25, 0.3) is 0 Å². The standard InChI is InChI=1S/C17H27NO3/c1-13-8-14(2)10-18(9-13)11-15(19)12-21-17-7-5-4-6-16(17)20-3/h4-7,13-15,19H,8-12H2,1-3H3/t13-,14-,15+/m1/s1. The van der Waals surface area contributed by atoms with E-state index < -0.39 is 6.10 Å². The molecule has 0 radical (unpaired) electrons. The van der Waals surface area contributed by atoms with Crippen LogP contribution in [0.1, 0.15) is 20.3 Å². The predicted octanol–water partition coefficient (Wildman–Crippen LogP) is 2.41. The molecule has 1 N–H and O–H groups in total. The molecule has 2 rings (SSSR count). The van der Waals surface area contributed by atoms with Gasteiger partial charge in [-0.2, -0.15) is 0 Å². The third-order valence-corrected chi connectivity index (χ3v) is 3.91. The molecule has 4 nitrogen and oxygen atoms in total. The van der Waals surface area contributed by atoms with Crippen molar-refractivity contribution in [2.45, 2.75) is 26.4 Å². The second kappa shape index (κ2) is 7.66. The first kappa shape index (κ1) is 16.1. The normalized spacial score (nSPS) is 24.6. The van der Waals surface area contributed by atoms with Gasteiger partial charge in [-0.3, -0.25) is 0 Å². The molecule has 0 aliphatic carbocycles. The van der Waals surface area contributed by atoms with Gasteiger partial charge in [0.15, 0.2) is 11.5 Å². The maximum Gasteiger partial charge on any atom is 0.161 e. The molecule has 3 atom stereocenters. The first-order valence-corrected chi connectivity index (χ1v) is 7.74. The number of rotatable bonds is 6. The molecule has 1 aromatic carbocycles. The summed E-state index contributed by atoms with van der Waals surface area (Å²) in [4.78, 5) is 2.34. The van der Waals surface area contributed by atoms with Crippen LogP contribution in [0.4, 0.5) is 0 Å². The number of likely N-dealkylation sites (tertiary alicyclic amines) is 1. The van der Waals surface area contributed by atoms with E-state index in [-0.39, 0.29) is 0 Å². The third kappa shape index (κ3) is 4.90. The molecule has 0 saturated carbocycles. The van der Waals surface area contributed by atoms with Crippen molar-refractivity contribution in [3.05, 3.63) is 24.3 Å². The zero-order valence-corrected chi connectivity index (χ0v) is 13.3. The van der Waals surface area contributed by atoms with Gasteiger partial charge in [-0.1, -0.05) is 26.0 Å². The topological polar surface area (TPSA) is 41.9 Å². The van der Waals surface area contributed by atoms with Gasteiger partial charge in [0.2, 0.25) is 0 Å². The summed E-state index contributed by atoms with van der Waals surface area (Å²) >= 11 is 0. The molecular formula is C17H27NO3. The Kier molecular flexibility index (Phi) is 5.88. The lowest BCUT2D eigenvalue weighted by Crippen LogP contribution is -2.44. The Labute approximate surface area is 127 Å². The Morgan fingerprint density at radius 2 is 1.81 bits per heavy atom. The fourth-order valence-electron chi connectivity index (χ4n) is 3.22. The molecule has 0 spiro atoms. The maximum atomic E-state index is 10.2. The Hall–Kier alpha value is -1.26. The van der Waals surface area contributed by atoms with Crippen molar-refractivity contribution in [1.29, 1.82) is 0 Å². The average Bonchev–Trinajstić information content (AvgIpc) is 2.44. The second-order valence-corrected chi connectivity index (χ2v) is 6.28. The predicted molar refractivity (Wildman–Crippen MR) is 83.9 cm³/mol. The zero-order valence-electron chi connectivity index (χ0n) is 13.3. The summed E-state index contributed by atoms with van der Waals surface area (Å²) in [6.45, 7) is 7.65.